The number of para-hydroxylation sites is 1. The Morgan fingerprint density at radius 1 is 1.13 bits per heavy atom. The number of hydrogen-bond acceptors (Lipinski definition) is 3. The van der Waals surface area contributed by atoms with Crippen LogP contribution in [0.3, 0.4) is 0 Å². The van der Waals surface area contributed by atoms with Crippen molar-refractivity contribution in [1.82, 2.24) is 0 Å². The molecular formula is C19H17NO3. The van der Waals surface area contributed by atoms with Gasteiger partial charge >= 0.3 is 5.63 Å². The molecule has 0 aliphatic rings. The zero-order valence-electron chi connectivity index (χ0n) is 13.1. The Labute approximate surface area is 133 Å². The maximum Gasteiger partial charge on any atom is 0.349 e. The largest absolute Gasteiger partial charge is 0.422 e. The van der Waals surface area contributed by atoms with Crippen LogP contribution in [0.5, 0.6) is 0 Å². The first-order valence-electron chi connectivity index (χ1n) is 7.52. The third kappa shape index (κ3) is 3.01. The van der Waals surface area contributed by atoms with Crippen LogP contribution >= 0.6 is 0 Å². The van der Waals surface area contributed by atoms with E-state index < -0.39 is 11.5 Å². The molecule has 0 aliphatic carbocycles. The smallest absolute Gasteiger partial charge is 0.349 e. The van der Waals surface area contributed by atoms with Gasteiger partial charge < -0.3 is 9.73 Å². The lowest BCUT2D eigenvalue weighted by Crippen LogP contribution is -2.21. The molecule has 1 heterocycles. The first-order valence-corrected chi connectivity index (χ1v) is 7.52. The summed E-state index contributed by atoms with van der Waals surface area (Å²) < 4.78 is 5.25. The molecule has 0 aliphatic heterocycles. The number of carbonyl (C=O) groups excluding carboxylic acids is 1. The molecule has 4 heteroatoms. The summed E-state index contributed by atoms with van der Waals surface area (Å²) in [5, 5.41) is 3.53. The molecule has 1 N–H and O–H groups in total. The number of benzene rings is 2. The van der Waals surface area contributed by atoms with Crippen molar-refractivity contribution >= 4 is 22.6 Å². The lowest BCUT2D eigenvalue weighted by atomic mass is 10.1. The van der Waals surface area contributed by atoms with Gasteiger partial charge in [0.15, 0.2) is 0 Å². The standard InChI is InChI=1S/C19H17NO3/c1-3-13-6-4-5-7-16(13)20-18(21)15-11-14-10-12(2)8-9-17(14)23-19(15)22/h4-11H,3H2,1-2H3,(H,20,21). The molecule has 0 radical (unpaired) electrons. The van der Waals surface area contributed by atoms with E-state index in [4.69, 9.17) is 4.42 Å². The van der Waals surface area contributed by atoms with Crippen LogP contribution in [0.25, 0.3) is 11.0 Å². The van der Waals surface area contributed by atoms with E-state index in [0.29, 0.717) is 11.3 Å². The van der Waals surface area contributed by atoms with E-state index in [0.717, 1.165) is 22.9 Å². The fourth-order valence-electron chi connectivity index (χ4n) is 2.54. The molecule has 0 saturated carbocycles. The maximum atomic E-state index is 12.5. The van der Waals surface area contributed by atoms with Crippen LogP contribution in [0, 0.1) is 6.92 Å². The Kier molecular flexibility index (Phi) is 3.98. The highest BCUT2D eigenvalue weighted by molar-refractivity contribution is 6.05. The molecule has 0 unspecified atom stereocenters. The summed E-state index contributed by atoms with van der Waals surface area (Å²) in [5.74, 6) is -0.456. The first kappa shape index (κ1) is 15.0. The molecule has 1 amide bonds. The Balaban J connectivity index is 2.00. The van der Waals surface area contributed by atoms with Crippen LogP contribution in [0.4, 0.5) is 5.69 Å². The van der Waals surface area contributed by atoms with Gasteiger partial charge in [-0.2, -0.15) is 0 Å². The minimum atomic E-state index is -0.632. The summed E-state index contributed by atoms with van der Waals surface area (Å²) in [6.45, 7) is 3.96. The summed E-state index contributed by atoms with van der Waals surface area (Å²) in [4.78, 5) is 24.5. The van der Waals surface area contributed by atoms with Gasteiger partial charge in [0.2, 0.25) is 0 Å². The van der Waals surface area contributed by atoms with Crippen molar-refractivity contribution in [2.75, 3.05) is 5.32 Å². The van der Waals surface area contributed by atoms with Crippen LogP contribution in [0.1, 0.15) is 28.4 Å². The van der Waals surface area contributed by atoms with Crippen molar-refractivity contribution in [2.24, 2.45) is 0 Å². The molecule has 3 rings (SSSR count). The zero-order valence-corrected chi connectivity index (χ0v) is 13.1. The van der Waals surface area contributed by atoms with E-state index in [-0.39, 0.29) is 5.56 Å². The van der Waals surface area contributed by atoms with Gasteiger partial charge in [-0.1, -0.05) is 36.8 Å². The van der Waals surface area contributed by atoms with Crippen LogP contribution in [-0.4, -0.2) is 5.91 Å². The Morgan fingerprint density at radius 2 is 1.91 bits per heavy atom. The summed E-state index contributed by atoms with van der Waals surface area (Å²) in [6, 6.07) is 14.6. The van der Waals surface area contributed by atoms with E-state index in [2.05, 4.69) is 5.32 Å². The van der Waals surface area contributed by atoms with Crippen molar-refractivity contribution in [1.29, 1.82) is 0 Å². The minimum Gasteiger partial charge on any atom is -0.422 e. The lowest BCUT2D eigenvalue weighted by Gasteiger charge is -2.09. The SMILES string of the molecule is CCc1ccccc1NC(=O)c1cc2cc(C)ccc2oc1=O. The van der Waals surface area contributed by atoms with Gasteiger partial charge in [0.25, 0.3) is 5.91 Å². The van der Waals surface area contributed by atoms with Crippen molar-refractivity contribution in [3.05, 3.63) is 75.6 Å². The number of fused-ring (bicyclic) bond motifs is 1. The normalized spacial score (nSPS) is 10.7. The van der Waals surface area contributed by atoms with E-state index >= 15 is 0 Å². The first-order chi connectivity index (χ1) is 11.1. The minimum absolute atomic E-state index is 0.00834. The van der Waals surface area contributed by atoms with Crippen LogP contribution in [-0.2, 0) is 6.42 Å². The second kappa shape index (κ2) is 6.08. The van der Waals surface area contributed by atoms with Crippen molar-refractivity contribution in [3.63, 3.8) is 0 Å². The topological polar surface area (TPSA) is 59.3 Å². The predicted molar refractivity (Wildman–Crippen MR) is 91.0 cm³/mol. The highest BCUT2D eigenvalue weighted by Crippen LogP contribution is 2.18. The molecular weight excluding hydrogens is 290 g/mol. The molecule has 0 bridgehead atoms. The number of nitrogens with one attached hydrogen (secondary N) is 1. The summed E-state index contributed by atoms with van der Waals surface area (Å²) in [6.07, 6.45) is 0.794. The zero-order chi connectivity index (χ0) is 16.4. The number of anilines is 1. The van der Waals surface area contributed by atoms with Crippen molar-refractivity contribution < 1.29 is 9.21 Å². The second-order valence-corrected chi connectivity index (χ2v) is 5.45. The number of hydrogen-bond donors (Lipinski definition) is 1. The van der Waals surface area contributed by atoms with Crippen molar-refractivity contribution in [2.45, 2.75) is 20.3 Å². The third-order valence-corrected chi connectivity index (χ3v) is 3.78. The predicted octanol–water partition coefficient (Wildman–Crippen LogP) is 3.92. The number of rotatable bonds is 3. The molecule has 3 aromatic rings. The van der Waals surface area contributed by atoms with Crippen LogP contribution < -0.4 is 10.9 Å². The van der Waals surface area contributed by atoms with Crippen LogP contribution in [0.15, 0.2) is 57.7 Å². The monoisotopic (exact) mass is 307 g/mol. The van der Waals surface area contributed by atoms with Gasteiger partial charge in [-0.3, -0.25) is 4.79 Å². The van der Waals surface area contributed by atoms with Crippen molar-refractivity contribution in [3.8, 4) is 0 Å². The molecule has 0 saturated heterocycles. The average Bonchev–Trinajstić information content (AvgIpc) is 2.55. The second-order valence-electron chi connectivity index (χ2n) is 5.45. The highest BCUT2D eigenvalue weighted by atomic mass is 16.4. The molecule has 0 atom stereocenters. The molecule has 0 fully saturated rings. The molecule has 4 nitrogen and oxygen atoms in total. The fraction of sp³-hybridized carbons (Fsp3) is 0.158. The lowest BCUT2D eigenvalue weighted by molar-refractivity contribution is 0.102. The van der Waals surface area contributed by atoms with Gasteiger partial charge in [-0.05, 0) is 43.2 Å². The Morgan fingerprint density at radius 3 is 2.70 bits per heavy atom. The number of amides is 1. The van der Waals surface area contributed by atoms with Gasteiger partial charge in [0.1, 0.15) is 11.1 Å². The Hall–Kier alpha value is -2.88. The van der Waals surface area contributed by atoms with E-state index in [9.17, 15) is 9.59 Å². The number of carbonyl (C=O) groups is 1. The molecule has 23 heavy (non-hydrogen) atoms. The quantitative estimate of drug-likeness (QED) is 0.746. The molecule has 2 aromatic carbocycles. The third-order valence-electron chi connectivity index (χ3n) is 3.78. The van der Waals surface area contributed by atoms with Gasteiger partial charge in [-0.15, -0.1) is 0 Å². The maximum absolute atomic E-state index is 12.5. The van der Waals surface area contributed by atoms with E-state index in [1.165, 1.54) is 0 Å². The Bertz CT molecular complexity index is 941. The highest BCUT2D eigenvalue weighted by Gasteiger charge is 2.15. The molecule has 0 spiro atoms. The summed E-state index contributed by atoms with van der Waals surface area (Å²) >= 11 is 0. The summed E-state index contributed by atoms with van der Waals surface area (Å²) in [7, 11) is 0. The fourth-order valence-corrected chi connectivity index (χ4v) is 2.54. The average molecular weight is 307 g/mol. The number of aryl methyl sites for hydroxylation is 2. The molecule has 116 valence electrons. The van der Waals surface area contributed by atoms with Gasteiger partial charge in [0.05, 0.1) is 0 Å². The molecule has 1 aromatic heterocycles. The summed E-state index contributed by atoms with van der Waals surface area (Å²) in [5.41, 5.74) is 2.62. The van der Waals surface area contributed by atoms with Crippen LogP contribution in [0.2, 0.25) is 0 Å². The van der Waals surface area contributed by atoms with Gasteiger partial charge in [-0.25, -0.2) is 4.79 Å². The van der Waals surface area contributed by atoms with E-state index in [1.807, 2.05) is 50.2 Å². The van der Waals surface area contributed by atoms with Gasteiger partial charge in [0, 0.05) is 11.1 Å². The van der Waals surface area contributed by atoms with E-state index in [1.54, 1.807) is 12.1 Å².